The Morgan fingerprint density at radius 2 is 2.24 bits per heavy atom. The van der Waals surface area contributed by atoms with Crippen molar-refractivity contribution in [3.05, 3.63) is 29.8 Å². The number of benzene rings is 1. The molecule has 4 nitrogen and oxygen atoms in total. The summed E-state index contributed by atoms with van der Waals surface area (Å²) in [5.41, 5.74) is 1.08. The fourth-order valence-corrected chi connectivity index (χ4v) is 2.01. The molecule has 0 saturated carbocycles. The van der Waals surface area contributed by atoms with Crippen LogP contribution in [0.4, 0.5) is 0 Å². The number of rotatable bonds is 4. The third kappa shape index (κ3) is 2.58. The van der Waals surface area contributed by atoms with E-state index in [1.165, 1.54) is 0 Å². The van der Waals surface area contributed by atoms with Gasteiger partial charge in [0.25, 0.3) is 5.91 Å². The zero-order valence-electron chi connectivity index (χ0n) is 10.3. The van der Waals surface area contributed by atoms with Crippen LogP contribution in [-0.4, -0.2) is 37.6 Å². The van der Waals surface area contributed by atoms with Gasteiger partial charge in [-0.15, -0.1) is 0 Å². The Morgan fingerprint density at radius 1 is 1.47 bits per heavy atom. The van der Waals surface area contributed by atoms with Crippen LogP contribution >= 0.6 is 0 Å². The molecule has 2 rings (SSSR count). The molecule has 0 radical (unpaired) electrons. The van der Waals surface area contributed by atoms with Gasteiger partial charge in [0.15, 0.2) is 6.10 Å². The van der Waals surface area contributed by atoms with Crippen molar-refractivity contribution in [2.24, 2.45) is 0 Å². The van der Waals surface area contributed by atoms with Crippen LogP contribution in [0.5, 0.6) is 5.75 Å². The van der Waals surface area contributed by atoms with Crippen molar-refractivity contribution in [3.63, 3.8) is 0 Å². The van der Waals surface area contributed by atoms with Crippen LogP contribution in [0, 0.1) is 0 Å². The molecule has 4 heteroatoms. The van der Waals surface area contributed by atoms with Crippen molar-refractivity contribution >= 4 is 5.91 Å². The molecular weight excluding hydrogens is 216 g/mol. The predicted molar refractivity (Wildman–Crippen MR) is 65.9 cm³/mol. The maximum atomic E-state index is 11.8. The van der Waals surface area contributed by atoms with Crippen LogP contribution < -0.4 is 10.1 Å². The second-order valence-corrected chi connectivity index (χ2v) is 4.29. The average molecular weight is 234 g/mol. The molecule has 1 aliphatic heterocycles. The number of ether oxygens (including phenoxy) is 1. The molecular formula is C13H18N2O2. The van der Waals surface area contributed by atoms with Crippen LogP contribution in [0.15, 0.2) is 24.3 Å². The Bertz CT molecular complexity index is 406. The van der Waals surface area contributed by atoms with Crippen LogP contribution in [0.3, 0.4) is 0 Å². The van der Waals surface area contributed by atoms with Gasteiger partial charge in [-0.25, -0.2) is 0 Å². The highest BCUT2D eigenvalue weighted by Crippen LogP contribution is 2.22. The molecule has 1 aromatic rings. The second-order valence-electron chi connectivity index (χ2n) is 4.29. The molecule has 92 valence electrons. The summed E-state index contributed by atoms with van der Waals surface area (Å²) in [6.45, 7) is 1.52. The van der Waals surface area contributed by atoms with E-state index in [0.717, 1.165) is 30.8 Å². The van der Waals surface area contributed by atoms with Crippen molar-refractivity contribution in [3.8, 4) is 5.75 Å². The van der Waals surface area contributed by atoms with Gasteiger partial charge in [0.2, 0.25) is 0 Å². The van der Waals surface area contributed by atoms with Gasteiger partial charge in [-0.2, -0.15) is 0 Å². The number of hydrogen-bond acceptors (Lipinski definition) is 3. The third-order valence-corrected chi connectivity index (χ3v) is 2.99. The van der Waals surface area contributed by atoms with Gasteiger partial charge in [-0.3, -0.25) is 4.79 Å². The van der Waals surface area contributed by atoms with Crippen molar-refractivity contribution in [1.82, 2.24) is 10.2 Å². The second kappa shape index (κ2) is 5.19. The van der Waals surface area contributed by atoms with Crippen LogP contribution in [-0.2, 0) is 11.3 Å². The van der Waals surface area contributed by atoms with E-state index < -0.39 is 0 Å². The van der Waals surface area contributed by atoms with Gasteiger partial charge in [0, 0.05) is 32.1 Å². The summed E-state index contributed by atoms with van der Waals surface area (Å²) >= 11 is 0. The largest absolute Gasteiger partial charge is 0.480 e. The summed E-state index contributed by atoms with van der Waals surface area (Å²) in [7, 11) is 3.70. The zero-order chi connectivity index (χ0) is 12.3. The number of likely N-dealkylation sites (N-methyl/N-ethyl adjacent to an activating group) is 1. The van der Waals surface area contributed by atoms with Crippen molar-refractivity contribution in [2.45, 2.75) is 19.1 Å². The first-order valence-corrected chi connectivity index (χ1v) is 5.86. The predicted octanol–water partition coefficient (Wildman–Crippen LogP) is 1.02. The lowest BCUT2D eigenvalue weighted by atomic mass is 10.2. The number of hydrogen-bond donors (Lipinski definition) is 1. The highest BCUT2D eigenvalue weighted by molar-refractivity contribution is 5.83. The number of carbonyl (C=O) groups excluding carboxylic acids is 1. The van der Waals surface area contributed by atoms with Crippen LogP contribution in [0.1, 0.15) is 12.0 Å². The number of amides is 1. The van der Waals surface area contributed by atoms with E-state index in [2.05, 4.69) is 5.32 Å². The van der Waals surface area contributed by atoms with Gasteiger partial charge >= 0.3 is 0 Å². The molecule has 1 aliphatic rings. The van der Waals surface area contributed by atoms with E-state index >= 15 is 0 Å². The summed E-state index contributed by atoms with van der Waals surface area (Å²) in [6, 6.07) is 7.83. The molecule has 1 fully saturated rings. The lowest BCUT2D eigenvalue weighted by Gasteiger charge is -2.15. The minimum Gasteiger partial charge on any atom is -0.480 e. The quantitative estimate of drug-likeness (QED) is 0.845. The van der Waals surface area contributed by atoms with Gasteiger partial charge in [-0.1, -0.05) is 18.2 Å². The highest BCUT2D eigenvalue weighted by Gasteiger charge is 2.31. The number of carbonyl (C=O) groups is 1. The Morgan fingerprint density at radius 3 is 2.88 bits per heavy atom. The SMILES string of the molecule is CNCc1ccccc1OC1CCN(C)C1=O. The average Bonchev–Trinajstić information content (AvgIpc) is 2.64. The Hall–Kier alpha value is -1.55. The first-order chi connectivity index (χ1) is 8.22. The molecule has 1 heterocycles. The standard InChI is InChI=1S/C13H18N2O2/c1-14-9-10-5-3-4-6-11(10)17-12-7-8-15(2)13(12)16/h3-6,12,14H,7-9H2,1-2H3. The van der Waals surface area contributed by atoms with E-state index in [9.17, 15) is 4.79 Å². The summed E-state index contributed by atoms with van der Waals surface area (Å²) < 4.78 is 5.81. The van der Waals surface area contributed by atoms with E-state index in [0.29, 0.717) is 0 Å². The molecule has 1 unspecified atom stereocenters. The van der Waals surface area contributed by atoms with Crippen LogP contribution in [0.25, 0.3) is 0 Å². The molecule has 1 aromatic carbocycles. The zero-order valence-corrected chi connectivity index (χ0v) is 10.3. The van der Waals surface area contributed by atoms with Crippen molar-refractivity contribution < 1.29 is 9.53 Å². The van der Waals surface area contributed by atoms with E-state index in [1.54, 1.807) is 4.90 Å². The summed E-state index contributed by atoms with van der Waals surface area (Å²) in [5, 5.41) is 3.09. The van der Waals surface area contributed by atoms with Crippen molar-refractivity contribution in [1.29, 1.82) is 0 Å². The number of para-hydroxylation sites is 1. The molecule has 0 spiro atoms. The van der Waals surface area contributed by atoms with Gasteiger partial charge in [-0.05, 0) is 13.1 Å². The molecule has 1 N–H and O–H groups in total. The van der Waals surface area contributed by atoms with Crippen molar-refractivity contribution in [2.75, 3.05) is 20.6 Å². The lowest BCUT2D eigenvalue weighted by molar-refractivity contribution is -0.132. The number of nitrogens with one attached hydrogen (secondary N) is 1. The Balaban J connectivity index is 2.10. The Labute approximate surface area is 102 Å². The molecule has 0 aromatic heterocycles. The molecule has 0 aliphatic carbocycles. The third-order valence-electron chi connectivity index (χ3n) is 2.99. The first kappa shape index (κ1) is 11.9. The fraction of sp³-hybridized carbons (Fsp3) is 0.462. The molecule has 1 atom stereocenters. The topological polar surface area (TPSA) is 41.6 Å². The van der Waals surface area contributed by atoms with E-state index in [4.69, 9.17) is 4.74 Å². The van der Waals surface area contributed by atoms with E-state index in [-0.39, 0.29) is 12.0 Å². The Kier molecular flexibility index (Phi) is 3.64. The smallest absolute Gasteiger partial charge is 0.263 e. The first-order valence-electron chi connectivity index (χ1n) is 5.86. The summed E-state index contributed by atoms with van der Waals surface area (Å²) in [4.78, 5) is 13.5. The maximum absolute atomic E-state index is 11.8. The lowest BCUT2D eigenvalue weighted by Crippen LogP contribution is -2.29. The van der Waals surface area contributed by atoms with Gasteiger partial charge in [0.05, 0.1) is 0 Å². The van der Waals surface area contributed by atoms with Crippen LogP contribution in [0.2, 0.25) is 0 Å². The number of likely N-dealkylation sites (tertiary alicyclic amines) is 1. The summed E-state index contributed by atoms with van der Waals surface area (Å²) in [6.07, 6.45) is 0.446. The molecule has 0 bridgehead atoms. The molecule has 17 heavy (non-hydrogen) atoms. The van der Waals surface area contributed by atoms with Gasteiger partial charge in [0.1, 0.15) is 5.75 Å². The normalized spacial score (nSPS) is 19.8. The van der Waals surface area contributed by atoms with E-state index in [1.807, 2.05) is 38.4 Å². The maximum Gasteiger partial charge on any atom is 0.263 e. The minimum absolute atomic E-state index is 0.0734. The van der Waals surface area contributed by atoms with Gasteiger partial charge < -0.3 is 15.0 Å². The highest BCUT2D eigenvalue weighted by atomic mass is 16.5. The minimum atomic E-state index is -0.321. The monoisotopic (exact) mass is 234 g/mol. The molecule has 1 amide bonds. The summed E-state index contributed by atoms with van der Waals surface area (Å²) in [5.74, 6) is 0.875. The number of nitrogens with zero attached hydrogens (tertiary/aromatic N) is 1. The fourth-order valence-electron chi connectivity index (χ4n) is 2.01. The molecule has 1 saturated heterocycles.